The van der Waals surface area contributed by atoms with E-state index < -0.39 is 0 Å². The molecule has 18 heavy (non-hydrogen) atoms. The normalized spacial score (nSPS) is 12.7. The molecule has 0 amide bonds. The number of hydrogen-bond donors (Lipinski definition) is 0. The lowest BCUT2D eigenvalue weighted by Gasteiger charge is -2.09. The lowest BCUT2D eigenvalue weighted by molar-refractivity contribution is 0.547. The average Bonchev–Trinajstić information content (AvgIpc) is 2.43. The van der Waals surface area contributed by atoms with Crippen LogP contribution in [0.3, 0.4) is 0 Å². The first kappa shape index (κ1) is 11.0. The van der Waals surface area contributed by atoms with Crippen LogP contribution in [-0.2, 0) is 4.79 Å². The molecule has 1 unspecified atom stereocenters. The molecule has 0 spiro atoms. The summed E-state index contributed by atoms with van der Waals surface area (Å²) in [6, 6.07) is 18.7. The highest BCUT2D eigenvalue weighted by atomic mass is 16.1. The fraction of sp³-hybridized carbons (Fsp3) is 0.118. The molecule has 1 heteroatoms. The van der Waals surface area contributed by atoms with Crippen LogP contribution in [0.4, 0.5) is 0 Å². The van der Waals surface area contributed by atoms with Crippen molar-refractivity contribution in [2.24, 2.45) is 0 Å². The molecule has 0 aliphatic heterocycles. The van der Waals surface area contributed by atoms with Crippen LogP contribution >= 0.6 is 0 Å². The second-order valence-corrected chi connectivity index (χ2v) is 4.61. The minimum Gasteiger partial charge on any atom is -0.290 e. The number of carbonyl (C=O) groups excluding carboxylic acids is 1. The van der Waals surface area contributed by atoms with Crippen molar-refractivity contribution in [2.45, 2.75) is 12.8 Å². The Kier molecular flexibility index (Phi) is 2.60. The van der Waals surface area contributed by atoms with E-state index in [0.29, 0.717) is 0 Å². The highest BCUT2D eigenvalue weighted by Gasteiger charge is 2.09. The molecule has 1 radical (unpaired) electrons. The highest BCUT2D eigenvalue weighted by Crippen LogP contribution is 2.28. The average molecular weight is 233 g/mol. The highest BCUT2D eigenvalue weighted by molar-refractivity contribution is 6.00. The molecular weight excluding hydrogens is 220 g/mol. The van der Waals surface area contributed by atoms with Crippen LogP contribution in [0.5, 0.6) is 0 Å². The summed E-state index contributed by atoms with van der Waals surface area (Å²) in [7, 11) is 0. The summed E-state index contributed by atoms with van der Waals surface area (Å²) in [4.78, 5) is 10.9. The van der Waals surface area contributed by atoms with Crippen LogP contribution in [0.15, 0.2) is 54.6 Å². The Morgan fingerprint density at radius 2 is 1.56 bits per heavy atom. The lowest BCUT2D eigenvalue weighted by Crippen LogP contribution is -1.95. The van der Waals surface area contributed by atoms with Gasteiger partial charge in [0.15, 0.2) is 0 Å². The van der Waals surface area contributed by atoms with Gasteiger partial charge in [-0.3, -0.25) is 4.79 Å². The number of fused-ring (bicyclic) bond motifs is 2. The van der Waals surface area contributed by atoms with Gasteiger partial charge in [-0.15, -0.1) is 0 Å². The molecule has 0 saturated heterocycles. The van der Waals surface area contributed by atoms with Crippen LogP contribution < -0.4 is 0 Å². The summed E-state index contributed by atoms with van der Waals surface area (Å²) in [6.45, 7) is 1.89. The minimum atomic E-state index is -0.185. The Balaban J connectivity index is 2.39. The van der Waals surface area contributed by atoms with Gasteiger partial charge >= 0.3 is 0 Å². The first-order valence-electron chi connectivity index (χ1n) is 6.08. The third kappa shape index (κ3) is 1.68. The van der Waals surface area contributed by atoms with Gasteiger partial charge in [0.1, 0.15) is 0 Å². The molecule has 0 fully saturated rings. The van der Waals surface area contributed by atoms with Crippen LogP contribution in [0.2, 0.25) is 0 Å². The third-order valence-electron chi connectivity index (χ3n) is 3.42. The smallest absolute Gasteiger partial charge is 0.206 e. The topological polar surface area (TPSA) is 17.1 Å². The Labute approximate surface area is 106 Å². The molecule has 0 saturated carbocycles. The van der Waals surface area contributed by atoms with E-state index in [0.717, 1.165) is 10.9 Å². The zero-order chi connectivity index (χ0) is 12.5. The number of hydrogen-bond acceptors (Lipinski definition) is 1. The lowest BCUT2D eigenvalue weighted by atomic mass is 9.94. The summed E-state index contributed by atoms with van der Waals surface area (Å²) in [6.07, 6.45) is 2.07. The van der Waals surface area contributed by atoms with Gasteiger partial charge in [-0.25, -0.2) is 0 Å². The van der Waals surface area contributed by atoms with E-state index in [-0.39, 0.29) is 5.92 Å². The van der Waals surface area contributed by atoms with E-state index in [4.69, 9.17) is 0 Å². The van der Waals surface area contributed by atoms with E-state index in [1.807, 2.05) is 31.2 Å². The van der Waals surface area contributed by atoms with Gasteiger partial charge in [-0.05, 0) is 39.2 Å². The monoisotopic (exact) mass is 233 g/mol. The Morgan fingerprint density at radius 3 is 2.28 bits per heavy atom. The van der Waals surface area contributed by atoms with Crippen LogP contribution in [0, 0.1) is 0 Å². The van der Waals surface area contributed by atoms with Crippen molar-refractivity contribution in [1.82, 2.24) is 0 Å². The first-order chi connectivity index (χ1) is 8.79. The van der Waals surface area contributed by atoms with Gasteiger partial charge in [-0.1, -0.05) is 49.4 Å². The first-order valence-corrected chi connectivity index (χ1v) is 6.08. The zero-order valence-electron chi connectivity index (χ0n) is 10.2. The quantitative estimate of drug-likeness (QED) is 0.606. The van der Waals surface area contributed by atoms with E-state index in [9.17, 15) is 4.79 Å². The van der Waals surface area contributed by atoms with Crippen LogP contribution in [0.25, 0.3) is 21.5 Å². The van der Waals surface area contributed by atoms with Crippen molar-refractivity contribution in [3.05, 3.63) is 60.2 Å². The molecule has 3 rings (SSSR count). The summed E-state index contributed by atoms with van der Waals surface area (Å²) in [5.74, 6) is -0.185. The van der Waals surface area contributed by atoms with Crippen molar-refractivity contribution in [2.75, 3.05) is 0 Å². The Bertz CT molecular complexity index is 728. The standard InChI is InChI=1S/C17H13O/c1-12(11-18)16-8-4-7-15-9-13-5-2-3-6-14(13)10-17(15)16/h2-10,12H,1H3. The third-order valence-corrected chi connectivity index (χ3v) is 3.42. The second-order valence-electron chi connectivity index (χ2n) is 4.61. The maximum absolute atomic E-state index is 10.9. The van der Waals surface area contributed by atoms with E-state index in [2.05, 4.69) is 36.6 Å². The maximum atomic E-state index is 10.9. The second kappa shape index (κ2) is 4.26. The molecule has 0 heterocycles. The Hall–Kier alpha value is -2.15. The van der Waals surface area contributed by atoms with Crippen LogP contribution in [0.1, 0.15) is 18.4 Å². The molecule has 87 valence electrons. The summed E-state index contributed by atoms with van der Waals surface area (Å²) in [5.41, 5.74) is 1.05. The molecule has 1 atom stereocenters. The zero-order valence-corrected chi connectivity index (χ0v) is 10.2. The van der Waals surface area contributed by atoms with Crippen molar-refractivity contribution in [3.63, 3.8) is 0 Å². The molecule has 3 aromatic carbocycles. The van der Waals surface area contributed by atoms with Gasteiger partial charge in [0.2, 0.25) is 6.29 Å². The van der Waals surface area contributed by atoms with E-state index >= 15 is 0 Å². The summed E-state index contributed by atoms with van der Waals surface area (Å²) in [5, 5.41) is 4.75. The van der Waals surface area contributed by atoms with Crippen molar-refractivity contribution in [1.29, 1.82) is 0 Å². The van der Waals surface area contributed by atoms with Gasteiger partial charge in [0.25, 0.3) is 0 Å². The fourth-order valence-corrected chi connectivity index (χ4v) is 2.43. The molecule has 0 bridgehead atoms. The predicted octanol–water partition coefficient (Wildman–Crippen LogP) is 4.21. The largest absolute Gasteiger partial charge is 0.290 e. The van der Waals surface area contributed by atoms with Gasteiger partial charge in [0, 0.05) is 5.92 Å². The van der Waals surface area contributed by atoms with E-state index in [1.54, 1.807) is 0 Å². The Morgan fingerprint density at radius 1 is 0.889 bits per heavy atom. The summed E-state index contributed by atoms with van der Waals surface area (Å²) < 4.78 is 0. The van der Waals surface area contributed by atoms with Crippen molar-refractivity contribution >= 4 is 27.8 Å². The number of benzene rings is 3. The number of rotatable bonds is 2. The predicted molar refractivity (Wildman–Crippen MR) is 75.6 cm³/mol. The molecule has 0 N–H and O–H groups in total. The van der Waals surface area contributed by atoms with Gasteiger partial charge < -0.3 is 0 Å². The molecule has 0 aliphatic rings. The summed E-state index contributed by atoms with van der Waals surface area (Å²) >= 11 is 0. The molecule has 3 aromatic rings. The molecule has 0 aromatic heterocycles. The molecule has 1 nitrogen and oxygen atoms in total. The SMILES string of the molecule is CC([C]=O)c1cccc2cc3ccccc3cc12. The van der Waals surface area contributed by atoms with Gasteiger partial charge in [-0.2, -0.15) is 0 Å². The molecular formula is C17H13O. The fourth-order valence-electron chi connectivity index (χ4n) is 2.43. The van der Waals surface area contributed by atoms with Crippen LogP contribution in [-0.4, -0.2) is 6.29 Å². The minimum absolute atomic E-state index is 0.185. The molecule has 0 aliphatic carbocycles. The van der Waals surface area contributed by atoms with Crippen molar-refractivity contribution < 1.29 is 4.79 Å². The van der Waals surface area contributed by atoms with E-state index in [1.165, 1.54) is 16.2 Å². The van der Waals surface area contributed by atoms with Gasteiger partial charge in [0.05, 0.1) is 0 Å². The van der Waals surface area contributed by atoms with Crippen molar-refractivity contribution in [3.8, 4) is 0 Å². The maximum Gasteiger partial charge on any atom is 0.206 e.